The van der Waals surface area contributed by atoms with Crippen molar-refractivity contribution < 1.29 is 4.79 Å². The summed E-state index contributed by atoms with van der Waals surface area (Å²) >= 11 is 6.96. The summed E-state index contributed by atoms with van der Waals surface area (Å²) in [7, 11) is 0. The summed E-state index contributed by atoms with van der Waals surface area (Å²) in [4.78, 5) is 19.0. The number of aryl methyl sites for hydroxylation is 1. The van der Waals surface area contributed by atoms with Crippen molar-refractivity contribution in [1.29, 1.82) is 0 Å². The Morgan fingerprint density at radius 3 is 2.26 bits per heavy atom. The van der Waals surface area contributed by atoms with Gasteiger partial charge < -0.3 is 0 Å². The van der Waals surface area contributed by atoms with E-state index >= 15 is 0 Å². The summed E-state index contributed by atoms with van der Waals surface area (Å²) in [5.74, 6) is 0.202. The van der Waals surface area contributed by atoms with Gasteiger partial charge in [-0.25, -0.2) is 0 Å². The van der Waals surface area contributed by atoms with Crippen LogP contribution in [0.2, 0.25) is 5.02 Å². The predicted molar refractivity (Wildman–Crippen MR) is 145 cm³/mol. The minimum Gasteiger partial charge on any atom is -0.299 e. The molecule has 0 aliphatic heterocycles. The number of nitrogens with zero attached hydrogens (tertiary/aromatic N) is 4. The second kappa shape index (κ2) is 13.9. The molecule has 3 rings (SSSR count). The van der Waals surface area contributed by atoms with Gasteiger partial charge in [0.1, 0.15) is 11.5 Å². The summed E-state index contributed by atoms with van der Waals surface area (Å²) in [6, 6.07) is 20.0. The number of aliphatic imine (C=N–C) groups is 1. The third-order valence-corrected chi connectivity index (χ3v) is 6.21. The van der Waals surface area contributed by atoms with Crippen molar-refractivity contribution in [3.8, 4) is 11.3 Å². The Kier molecular flexibility index (Phi) is 10.6. The fraction of sp³-hybridized carbons (Fsp3) is 0.379. The molecule has 5 nitrogen and oxygen atoms in total. The largest absolute Gasteiger partial charge is 0.299 e. The van der Waals surface area contributed by atoms with Crippen LogP contribution < -0.4 is 0 Å². The van der Waals surface area contributed by atoms with Gasteiger partial charge in [-0.1, -0.05) is 92.0 Å². The molecule has 0 radical (unpaired) electrons. The number of ketones is 1. The average molecular weight is 491 g/mol. The first-order valence-corrected chi connectivity index (χ1v) is 12.8. The van der Waals surface area contributed by atoms with E-state index in [1.165, 1.54) is 12.8 Å². The SMILES string of the molecule is CCCCCN(CCCN=C(c1ccccc1)c1c(C)nnc(-c2ccccc2)c1Cl)CC(C)=O. The van der Waals surface area contributed by atoms with E-state index in [9.17, 15) is 4.79 Å². The monoisotopic (exact) mass is 490 g/mol. The van der Waals surface area contributed by atoms with Crippen LogP contribution in [0.3, 0.4) is 0 Å². The van der Waals surface area contributed by atoms with E-state index in [-0.39, 0.29) is 5.78 Å². The number of hydrogen-bond acceptors (Lipinski definition) is 5. The highest BCUT2D eigenvalue weighted by atomic mass is 35.5. The Morgan fingerprint density at radius 1 is 0.943 bits per heavy atom. The number of benzene rings is 2. The molecule has 6 heteroatoms. The van der Waals surface area contributed by atoms with E-state index in [0.717, 1.165) is 54.0 Å². The number of carbonyl (C=O) groups is 1. The Bertz CT molecular complexity index is 1120. The van der Waals surface area contributed by atoms with Crippen molar-refractivity contribution in [2.45, 2.75) is 46.5 Å². The molecule has 2 aromatic carbocycles. The van der Waals surface area contributed by atoms with E-state index in [1.54, 1.807) is 6.92 Å². The first kappa shape index (κ1) is 26.7. The van der Waals surface area contributed by atoms with Crippen LogP contribution >= 0.6 is 11.6 Å². The van der Waals surface area contributed by atoms with Gasteiger partial charge in [-0.15, -0.1) is 5.10 Å². The molecule has 0 bridgehead atoms. The number of hydrogen-bond donors (Lipinski definition) is 0. The highest BCUT2D eigenvalue weighted by Crippen LogP contribution is 2.31. The van der Waals surface area contributed by atoms with E-state index in [2.05, 4.69) is 22.0 Å². The summed E-state index contributed by atoms with van der Waals surface area (Å²) in [6.45, 7) is 8.69. The van der Waals surface area contributed by atoms with Gasteiger partial charge in [0.05, 0.1) is 23.0 Å². The van der Waals surface area contributed by atoms with Crippen LogP contribution in [-0.4, -0.2) is 52.8 Å². The standard InChI is InChI=1S/C29H35ClN4O/c1-4-5-12-19-34(21-22(2)35)20-13-18-31-28(24-14-8-6-9-15-24)26-23(3)32-33-29(27(26)30)25-16-10-7-11-17-25/h6-11,14-17H,4-5,12-13,18-21H2,1-3H3. The fourth-order valence-corrected chi connectivity index (χ4v) is 4.49. The molecule has 0 saturated heterocycles. The molecule has 0 saturated carbocycles. The summed E-state index contributed by atoms with van der Waals surface area (Å²) in [6.07, 6.45) is 4.32. The lowest BCUT2D eigenvalue weighted by Crippen LogP contribution is -2.31. The topological polar surface area (TPSA) is 58.5 Å². The lowest BCUT2D eigenvalue weighted by atomic mass is 9.99. The van der Waals surface area contributed by atoms with E-state index in [0.29, 0.717) is 23.8 Å². The lowest BCUT2D eigenvalue weighted by Gasteiger charge is -2.20. The van der Waals surface area contributed by atoms with Gasteiger partial charge in [0.2, 0.25) is 0 Å². The molecule has 1 aromatic heterocycles. The zero-order valence-electron chi connectivity index (χ0n) is 21.0. The van der Waals surface area contributed by atoms with Crippen LogP contribution in [0.4, 0.5) is 0 Å². The molecular weight excluding hydrogens is 456 g/mol. The highest BCUT2D eigenvalue weighted by Gasteiger charge is 2.20. The van der Waals surface area contributed by atoms with E-state index in [1.807, 2.05) is 67.6 Å². The summed E-state index contributed by atoms with van der Waals surface area (Å²) in [5.41, 5.74) is 4.95. The number of aromatic nitrogens is 2. The van der Waals surface area contributed by atoms with Gasteiger partial charge in [0, 0.05) is 29.8 Å². The minimum absolute atomic E-state index is 0.202. The molecule has 0 atom stereocenters. The molecule has 0 aliphatic rings. The van der Waals surface area contributed by atoms with Gasteiger partial charge in [-0.05, 0) is 33.2 Å². The van der Waals surface area contributed by atoms with E-state index < -0.39 is 0 Å². The number of rotatable bonds is 13. The van der Waals surface area contributed by atoms with Crippen molar-refractivity contribution in [3.63, 3.8) is 0 Å². The van der Waals surface area contributed by atoms with Gasteiger partial charge >= 0.3 is 0 Å². The molecule has 0 amide bonds. The lowest BCUT2D eigenvalue weighted by molar-refractivity contribution is -0.118. The molecule has 0 fully saturated rings. The quantitative estimate of drug-likeness (QED) is 0.205. The van der Waals surface area contributed by atoms with Crippen molar-refractivity contribution in [1.82, 2.24) is 15.1 Å². The van der Waals surface area contributed by atoms with Crippen LogP contribution in [0.15, 0.2) is 65.7 Å². The minimum atomic E-state index is 0.202. The molecule has 0 unspecified atom stereocenters. The molecule has 184 valence electrons. The maximum atomic E-state index is 11.7. The van der Waals surface area contributed by atoms with Crippen LogP contribution in [0.5, 0.6) is 0 Å². The first-order chi connectivity index (χ1) is 17.0. The molecule has 3 aromatic rings. The van der Waals surface area contributed by atoms with Crippen LogP contribution in [0.1, 0.15) is 56.4 Å². The highest BCUT2D eigenvalue weighted by molar-refractivity contribution is 6.37. The Morgan fingerprint density at radius 2 is 1.60 bits per heavy atom. The summed E-state index contributed by atoms with van der Waals surface area (Å²) < 4.78 is 0. The van der Waals surface area contributed by atoms with Crippen molar-refractivity contribution in [2.24, 2.45) is 4.99 Å². The Hall–Kier alpha value is -2.89. The maximum absolute atomic E-state index is 11.7. The second-order valence-corrected chi connectivity index (χ2v) is 9.20. The number of Topliss-reactive ketones (excluding diaryl/α,β-unsaturated/α-hetero) is 1. The van der Waals surface area contributed by atoms with Crippen LogP contribution in [0.25, 0.3) is 11.3 Å². The zero-order chi connectivity index (χ0) is 25.0. The Balaban J connectivity index is 1.88. The van der Waals surface area contributed by atoms with Crippen molar-refractivity contribution in [2.75, 3.05) is 26.2 Å². The van der Waals surface area contributed by atoms with Crippen LogP contribution in [-0.2, 0) is 4.79 Å². The number of carbonyl (C=O) groups excluding carboxylic acids is 1. The van der Waals surface area contributed by atoms with Gasteiger partial charge in [-0.3, -0.25) is 14.7 Å². The van der Waals surface area contributed by atoms with E-state index in [4.69, 9.17) is 16.6 Å². The van der Waals surface area contributed by atoms with Crippen molar-refractivity contribution >= 4 is 23.1 Å². The first-order valence-electron chi connectivity index (χ1n) is 12.4. The Labute approximate surface area is 214 Å². The molecule has 35 heavy (non-hydrogen) atoms. The normalized spacial score (nSPS) is 11.7. The molecule has 1 heterocycles. The van der Waals surface area contributed by atoms with Gasteiger partial charge in [-0.2, -0.15) is 5.10 Å². The number of halogens is 1. The third kappa shape index (κ3) is 7.81. The third-order valence-electron chi connectivity index (χ3n) is 5.85. The second-order valence-electron chi connectivity index (χ2n) is 8.82. The summed E-state index contributed by atoms with van der Waals surface area (Å²) in [5, 5.41) is 9.38. The van der Waals surface area contributed by atoms with Crippen molar-refractivity contribution in [3.05, 3.63) is 82.5 Å². The smallest absolute Gasteiger partial charge is 0.143 e. The number of unbranched alkanes of at least 4 members (excludes halogenated alkanes) is 2. The van der Waals surface area contributed by atoms with Gasteiger partial charge in [0.25, 0.3) is 0 Å². The molecule has 0 N–H and O–H groups in total. The predicted octanol–water partition coefficient (Wildman–Crippen LogP) is 6.41. The van der Waals surface area contributed by atoms with Crippen LogP contribution in [0, 0.1) is 6.92 Å². The maximum Gasteiger partial charge on any atom is 0.143 e. The fourth-order valence-electron chi connectivity index (χ4n) is 4.12. The zero-order valence-corrected chi connectivity index (χ0v) is 21.8. The van der Waals surface area contributed by atoms with Gasteiger partial charge in [0.15, 0.2) is 0 Å². The average Bonchev–Trinajstić information content (AvgIpc) is 2.86. The molecular formula is C29H35ClN4O. The molecule has 0 spiro atoms. The molecule has 0 aliphatic carbocycles.